The summed E-state index contributed by atoms with van der Waals surface area (Å²) >= 11 is 5.85. The van der Waals surface area contributed by atoms with Crippen molar-refractivity contribution in [2.45, 2.75) is 0 Å². The quantitative estimate of drug-likeness (QED) is 0.492. The van der Waals surface area contributed by atoms with Gasteiger partial charge in [0.1, 0.15) is 0 Å². The van der Waals surface area contributed by atoms with Gasteiger partial charge in [0, 0.05) is 22.7 Å². The molecular formula is C18H16Cl2N4. The fourth-order valence-electron chi connectivity index (χ4n) is 1.97. The summed E-state index contributed by atoms with van der Waals surface area (Å²) in [6.45, 7) is 1.65. The van der Waals surface area contributed by atoms with Gasteiger partial charge in [0.05, 0.1) is 12.8 Å². The molecule has 0 fully saturated rings. The fourth-order valence-corrected chi connectivity index (χ4v) is 2.10. The molecule has 0 atom stereocenters. The Morgan fingerprint density at radius 1 is 1.04 bits per heavy atom. The third kappa shape index (κ3) is 5.31. The van der Waals surface area contributed by atoms with Gasteiger partial charge >= 0.3 is 0 Å². The molecule has 0 amide bonds. The van der Waals surface area contributed by atoms with Gasteiger partial charge in [-0.2, -0.15) is 5.10 Å². The molecule has 2 aromatic rings. The van der Waals surface area contributed by atoms with E-state index in [9.17, 15) is 0 Å². The van der Waals surface area contributed by atoms with Gasteiger partial charge in [-0.25, -0.2) is 10.4 Å². The highest BCUT2D eigenvalue weighted by Gasteiger charge is 2.01. The first kappa shape index (κ1) is 17.9. The Kier molecular flexibility index (Phi) is 6.68. The van der Waals surface area contributed by atoms with Crippen molar-refractivity contribution in [3.63, 3.8) is 0 Å². The first-order valence-electron chi connectivity index (χ1n) is 7.25. The molecule has 0 saturated carbocycles. The first-order valence-corrected chi connectivity index (χ1v) is 7.62. The predicted molar refractivity (Wildman–Crippen MR) is 102 cm³/mol. The van der Waals surface area contributed by atoms with Gasteiger partial charge < -0.3 is 5.32 Å². The molecule has 3 rings (SSSR count). The van der Waals surface area contributed by atoms with Crippen molar-refractivity contribution >= 4 is 36.2 Å². The molecule has 0 unspecified atom stereocenters. The van der Waals surface area contributed by atoms with E-state index >= 15 is 0 Å². The van der Waals surface area contributed by atoms with Gasteiger partial charge in [0.25, 0.3) is 0 Å². The second-order valence-electron chi connectivity index (χ2n) is 4.91. The lowest BCUT2D eigenvalue weighted by Crippen LogP contribution is -2.30. The Hall–Kier alpha value is -2.48. The lowest BCUT2D eigenvalue weighted by Gasteiger charge is -1.99. The van der Waals surface area contributed by atoms with Gasteiger partial charge in [0.15, 0.2) is 0 Å². The van der Waals surface area contributed by atoms with Crippen molar-refractivity contribution in [2.75, 3.05) is 13.1 Å². The molecule has 0 aliphatic carbocycles. The Morgan fingerprint density at radius 3 is 2.25 bits per heavy atom. The fraction of sp³-hybridized carbons (Fsp3) is 0.111. The average molecular weight is 359 g/mol. The molecule has 6 heteroatoms. The van der Waals surface area contributed by atoms with E-state index in [0.29, 0.717) is 11.0 Å². The lowest BCUT2D eigenvalue weighted by molar-refractivity contribution is 0.920. The summed E-state index contributed by atoms with van der Waals surface area (Å²) < 4.78 is 0. The van der Waals surface area contributed by atoms with Crippen molar-refractivity contribution in [1.82, 2.24) is 10.7 Å². The zero-order valence-corrected chi connectivity index (χ0v) is 14.4. The summed E-state index contributed by atoms with van der Waals surface area (Å²) in [5, 5.41) is 7.94. The molecule has 0 spiro atoms. The number of hydrogen-bond donors (Lipinski definition) is 2. The molecule has 0 aromatic heterocycles. The highest BCUT2D eigenvalue weighted by atomic mass is 35.5. The number of guanidine groups is 1. The molecule has 0 saturated heterocycles. The molecule has 4 nitrogen and oxygen atoms in total. The molecule has 122 valence electrons. The summed E-state index contributed by atoms with van der Waals surface area (Å²) in [6.07, 6.45) is 1.75. The second kappa shape index (κ2) is 8.97. The molecule has 0 bridgehead atoms. The van der Waals surface area contributed by atoms with Gasteiger partial charge in [0.2, 0.25) is 5.96 Å². The third-order valence-corrected chi connectivity index (χ3v) is 3.42. The maximum absolute atomic E-state index is 5.85. The van der Waals surface area contributed by atoms with Gasteiger partial charge in [-0.05, 0) is 42.0 Å². The molecular weight excluding hydrogens is 343 g/mol. The molecule has 24 heavy (non-hydrogen) atoms. The van der Waals surface area contributed by atoms with E-state index in [1.54, 1.807) is 6.21 Å². The number of nitrogens with one attached hydrogen (secondary N) is 2. The van der Waals surface area contributed by atoms with Crippen LogP contribution in [0.3, 0.4) is 0 Å². The molecule has 0 radical (unpaired) electrons. The van der Waals surface area contributed by atoms with Gasteiger partial charge in [-0.15, -0.1) is 12.4 Å². The Balaban J connectivity index is 0.00000208. The Morgan fingerprint density at radius 2 is 1.67 bits per heavy atom. The van der Waals surface area contributed by atoms with Crippen LogP contribution in [0.15, 0.2) is 58.6 Å². The van der Waals surface area contributed by atoms with Crippen molar-refractivity contribution in [3.05, 3.63) is 70.2 Å². The van der Waals surface area contributed by atoms with E-state index in [1.807, 2.05) is 48.5 Å². The van der Waals surface area contributed by atoms with Crippen molar-refractivity contribution < 1.29 is 0 Å². The number of hydrazone groups is 1. The van der Waals surface area contributed by atoms with Crippen molar-refractivity contribution in [2.24, 2.45) is 10.1 Å². The summed E-state index contributed by atoms with van der Waals surface area (Å²) in [5.74, 6) is 6.95. The number of hydrogen-bond acceptors (Lipinski definition) is 4. The Labute approximate surface area is 152 Å². The second-order valence-corrected chi connectivity index (χ2v) is 5.34. The minimum absolute atomic E-state index is 0. The van der Waals surface area contributed by atoms with Crippen LogP contribution >= 0.6 is 24.0 Å². The smallest absolute Gasteiger partial charge is 0.212 e. The Bertz CT molecular complexity index is 785. The minimum Gasteiger partial charge on any atom is -0.353 e. The number of halogens is 2. The number of benzene rings is 2. The molecule has 2 aromatic carbocycles. The van der Waals surface area contributed by atoms with Gasteiger partial charge in [-0.3, -0.25) is 0 Å². The normalized spacial score (nSPS) is 12.6. The number of nitrogens with zero attached hydrogens (tertiary/aromatic N) is 2. The summed E-state index contributed by atoms with van der Waals surface area (Å²) in [6, 6.07) is 15.4. The van der Waals surface area contributed by atoms with Crippen LogP contribution in [0.25, 0.3) is 0 Å². The summed E-state index contributed by atoms with van der Waals surface area (Å²) in [5.41, 5.74) is 5.75. The van der Waals surface area contributed by atoms with E-state index in [-0.39, 0.29) is 12.4 Å². The van der Waals surface area contributed by atoms with E-state index in [2.05, 4.69) is 32.7 Å². The highest BCUT2D eigenvalue weighted by Crippen LogP contribution is 2.09. The van der Waals surface area contributed by atoms with E-state index in [1.165, 1.54) is 0 Å². The minimum atomic E-state index is 0. The van der Waals surface area contributed by atoms with Crippen LogP contribution in [0.2, 0.25) is 5.02 Å². The van der Waals surface area contributed by atoms with Crippen LogP contribution in [0, 0.1) is 11.8 Å². The van der Waals surface area contributed by atoms with Crippen LogP contribution in [-0.4, -0.2) is 25.3 Å². The van der Waals surface area contributed by atoms with Crippen LogP contribution in [0.4, 0.5) is 0 Å². The maximum atomic E-state index is 5.85. The highest BCUT2D eigenvalue weighted by molar-refractivity contribution is 6.30. The van der Waals surface area contributed by atoms with E-state index in [4.69, 9.17) is 11.6 Å². The van der Waals surface area contributed by atoms with Crippen molar-refractivity contribution in [3.8, 4) is 11.8 Å². The summed E-state index contributed by atoms with van der Waals surface area (Å²) in [4.78, 5) is 4.19. The van der Waals surface area contributed by atoms with E-state index in [0.717, 1.165) is 29.8 Å². The van der Waals surface area contributed by atoms with Gasteiger partial charge in [-0.1, -0.05) is 35.6 Å². The van der Waals surface area contributed by atoms with Crippen LogP contribution in [-0.2, 0) is 0 Å². The topological polar surface area (TPSA) is 48.8 Å². The molecule has 1 aliphatic rings. The van der Waals surface area contributed by atoms with Crippen LogP contribution < -0.4 is 10.7 Å². The van der Waals surface area contributed by atoms with E-state index < -0.39 is 0 Å². The zero-order chi connectivity index (χ0) is 15.9. The monoisotopic (exact) mass is 358 g/mol. The zero-order valence-electron chi connectivity index (χ0n) is 12.8. The third-order valence-electron chi connectivity index (χ3n) is 3.16. The van der Waals surface area contributed by atoms with Crippen LogP contribution in [0.1, 0.15) is 16.7 Å². The first-order chi connectivity index (χ1) is 11.3. The average Bonchev–Trinajstić information content (AvgIpc) is 3.09. The molecule has 1 aliphatic heterocycles. The molecule has 1 heterocycles. The number of aliphatic imine (C=N–C) groups is 1. The van der Waals surface area contributed by atoms with Crippen LogP contribution in [0.5, 0.6) is 0 Å². The lowest BCUT2D eigenvalue weighted by atomic mass is 10.1. The molecule has 2 N–H and O–H groups in total. The SMILES string of the molecule is Cl.Clc1ccc(C#Cc2ccc(/C=N/NC3=NCCN3)cc2)cc1. The largest absolute Gasteiger partial charge is 0.353 e. The summed E-state index contributed by atoms with van der Waals surface area (Å²) in [7, 11) is 0. The predicted octanol–water partition coefficient (Wildman–Crippen LogP) is 3.04. The number of rotatable bonds is 2. The standard InChI is InChI=1S/C18H15ClN4.ClH/c19-17-9-7-15(8-10-17)2-1-14-3-5-16(6-4-14)13-22-23-18-20-11-12-21-18;/h3-10,13H,11-12H2,(H2,20,21,23);1H/b22-13+;. The van der Waals surface area contributed by atoms with Crippen molar-refractivity contribution in [1.29, 1.82) is 0 Å². The maximum Gasteiger partial charge on any atom is 0.212 e.